The van der Waals surface area contributed by atoms with Crippen LogP contribution in [-0.4, -0.2) is 36.7 Å². The molecule has 0 fully saturated rings. The first-order valence-corrected chi connectivity index (χ1v) is 15.0. The van der Waals surface area contributed by atoms with Gasteiger partial charge in [-0.3, -0.25) is 4.79 Å². The van der Waals surface area contributed by atoms with Crippen LogP contribution in [0, 0.1) is 5.92 Å². The van der Waals surface area contributed by atoms with Crippen LogP contribution < -0.4 is 0 Å². The summed E-state index contributed by atoms with van der Waals surface area (Å²) >= 11 is 0. The van der Waals surface area contributed by atoms with Gasteiger partial charge in [-0.2, -0.15) is 0 Å². The summed E-state index contributed by atoms with van der Waals surface area (Å²) < 4.78 is 6.80. The second-order valence-electron chi connectivity index (χ2n) is 10.5. The molecule has 3 atom stereocenters. The van der Waals surface area contributed by atoms with Crippen LogP contribution >= 0.6 is 0 Å². The standard InChI is InChI=1S/C26H46O4Si/c1-7-8-11-14-22(30-31(5,6)26(2,3)4)19-17-21-18-20-24(27)23(21)15-12-9-10-13-16-25(28)29/h9,13,18,22-24,27H,7-8,11-12,14-17,19-20H2,1-6H3,(H,28,29)/t10?,22-,23-,24+/m1/s1. The summed E-state index contributed by atoms with van der Waals surface area (Å²) in [5.41, 5.74) is 4.31. The van der Waals surface area contributed by atoms with Gasteiger partial charge in [-0.25, -0.2) is 0 Å². The van der Waals surface area contributed by atoms with E-state index in [-0.39, 0.29) is 23.5 Å². The van der Waals surface area contributed by atoms with Crippen LogP contribution in [0.15, 0.2) is 29.5 Å². The fourth-order valence-corrected chi connectivity index (χ4v) is 5.30. The highest BCUT2D eigenvalue weighted by atomic mass is 28.4. The van der Waals surface area contributed by atoms with Gasteiger partial charge in [-0.05, 0) is 68.8 Å². The molecule has 0 saturated carbocycles. The van der Waals surface area contributed by atoms with Crippen LogP contribution in [0.2, 0.25) is 18.1 Å². The largest absolute Gasteiger partial charge is 0.481 e. The van der Waals surface area contributed by atoms with Crippen LogP contribution in [0.3, 0.4) is 0 Å². The molecule has 1 aliphatic carbocycles. The Morgan fingerprint density at radius 2 is 2.00 bits per heavy atom. The molecule has 0 spiro atoms. The molecule has 1 aliphatic rings. The van der Waals surface area contributed by atoms with E-state index in [0.29, 0.717) is 6.10 Å². The van der Waals surface area contributed by atoms with Gasteiger partial charge >= 0.3 is 5.97 Å². The summed E-state index contributed by atoms with van der Waals surface area (Å²) in [5.74, 6) is -0.646. The van der Waals surface area contributed by atoms with Gasteiger partial charge in [0.25, 0.3) is 0 Å². The predicted molar refractivity (Wildman–Crippen MR) is 132 cm³/mol. The molecular weight excluding hydrogens is 404 g/mol. The third kappa shape index (κ3) is 10.4. The topological polar surface area (TPSA) is 66.8 Å². The van der Waals surface area contributed by atoms with Gasteiger partial charge in [-0.15, -0.1) is 5.73 Å². The molecule has 0 heterocycles. The number of rotatable bonds is 14. The van der Waals surface area contributed by atoms with Crippen molar-refractivity contribution in [3.05, 3.63) is 29.5 Å². The quantitative estimate of drug-likeness (QED) is 0.129. The Labute approximate surface area is 191 Å². The Bertz CT molecular complexity index is 638. The van der Waals surface area contributed by atoms with Gasteiger partial charge in [0.1, 0.15) is 0 Å². The summed E-state index contributed by atoms with van der Waals surface area (Å²) in [6.07, 6.45) is 14.9. The molecule has 0 aromatic heterocycles. The summed E-state index contributed by atoms with van der Waals surface area (Å²) in [5, 5.41) is 19.3. The van der Waals surface area contributed by atoms with Crippen molar-refractivity contribution >= 4 is 14.3 Å². The Kier molecular flexibility index (Phi) is 12.1. The van der Waals surface area contributed by atoms with Crippen molar-refractivity contribution < 1.29 is 19.4 Å². The number of aliphatic carboxylic acids is 1. The van der Waals surface area contributed by atoms with Crippen molar-refractivity contribution in [2.24, 2.45) is 5.92 Å². The first-order valence-electron chi connectivity index (χ1n) is 12.1. The van der Waals surface area contributed by atoms with E-state index in [9.17, 15) is 9.90 Å². The van der Waals surface area contributed by atoms with Crippen LogP contribution in [0.1, 0.15) is 91.9 Å². The van der Waals surface area contributed by atoms with E-state index < -0.39 is 14.3 Å². The Morgan fingerprint density at radius 3 is 2.61 bits per heavy atom. The Hall–Kier alpha value is -1.13. The molecule has 0 amide bonds. The molecule has 31 heavy (non-hydrogen) atoms. The van der Waals surface area contributed by atoms with E-state index >= 15 is 0 Å². The van der Waals surface area contributed by atoms with E-state index in [1.165, 1.54) is 24.8 Å². The van der Waals surface area contributed by atoms with Gasteiger partial charge in [0.05, 0.1) is 12.5 Å². The highest BCUT2D eigenvalue weighted by Gasteiger charge is 2.39. The average molecular weight is 451 g/mol. The third-order valence-corrected chi connectivity index (χ3v) is 11.4. The van der Waals surface area contributed by atoms with Crippen LogP contribution in [-0.2, 0) is 9.22 Å². The minimum atomic E-state index is -1.80. The fourth-order valence-electron chi connectivity index (χ4n) is 3.88. The zero-order valence-corrected chi connectivity index (χ0v) is 21.7. The Balaban J connectivity index is 2.67. The van der Waals surface area contributed by atoms with Gasteiger partial charge in [0, 0.05) is 12.0 Å². The van der Waals surface area contributed by atoms with Crippen LogP contribution in [0.4, 0.5) is 0 Å². The van der Waals surface area contributed by atoms with Gasteiger partial charge < -0.3 is 14.6 Å². The predicted octanol–water partition coefficient (Wildman–Crippen LogP) is 7.01. The maximum Gasteiger partial charge on any atom is 0.307 e. The van der Waals surface area contributed by atoms with Gasteiger partial charge in [0.2, 0.25) is 0 Å². The molecule has 0 aromatic carbocycles. The summed E-state index contributed by atoms with van der Waals surface area (Å²) in [6, 6.07) is 0. The molecule has 0 aromatic rings. The average Bonchev–Trinajstić information content (AvgIpc) is 3.01. The normalized spacial score (nSPS) is 20.2. The Morgan fingerprint density at radius 1 is 1.29 bits per heavy atom. The number of carbonyl (C=O) groups is 1. The molecule has 0 saturated heterocycles. The first kappa shape index (κ1) is 27.9. The van der Waals surface area contributed by atoms with Gasteiger partial charge in [-0.1, -0.05) is 58.6 Å². The monoisotopic (exact) mass is 450 g/mol. The second-order valence-corrected chi connectivity index (χ2v) is 15.2. The lowest BCUT2D eigenvalue weighted by Crippen LogP contribution is -2.44. The highest BCUT2D eigenvalue weighted by Crippen LogP contribution is 2.39. The lowest BCUT2D eigenvalue weighted by Gasteiger charge is -2.39. The lowest BCUT2D eigenvalue weighted by atomic mass is 9.90. The SMILES string of the molecule is CCCCC[C@H](CCC1=CC[C@H](O)[C@@H]1CCC=C=CCC(=O)O)O[Si](C)(C)C(C)(C)C. The number of hydrogen-bond acceptors (Lipinski definition) is 3. The number of aliphatic hydroxyl groups excluding tert-OH is 1. The molecule has 1 rings (SSSR count). The lowest BCUT2D eigenvalue weighted by molar-refractivity contribution is -0.136. The smallest absolute Gasteiger partial charge is 0.307 e. The number of carboxylic acid groups (broad SMARTS) is 1. The number of hydrogen-bond donors (Lipinski definition) is 2. The molecule has 0 unspecified atom stereocenters. The molecule has 178 valence electrons. The summed E-state index contributed by atoms with van der Waals surface area (Å²) in [4.78, 5) is 10.5. The van der Waals surface area contributed by atoms with Crippen LogP contribution in [0.25, 0.3) is 0 Å². The minimum absolute atomic E-state index is 0.00134. The zero-order chi connectivity index (χ0) is 23.5. The summed E-state index contributed by atoms with van der Waals surface area (Å²) in [7, 11) is -1.80. The minimum Gasteiger partial charge on any atom is -0.481 e. The second kappa shape index (κ2) is 13.4. The molecule has 5 heteroatoms. The molecule has 0 aliphatic heterocycles. The van der Waals surface area contributed by atoms with Crippen molar-refractivity contribution in [1.82, 2.24) is 0 Å². The van der Waals surface area contributed by atoms with E-state index in [2.05, 4.69) is 52.6 Å². The number of unbranched alkanes of at least 4 members (excludes halogenated alkanes) is 2. The first-order chi connectivity index (χ1) is 14.5. The van der Waals surface area contributed by atoms with Gasteiger partial charge in [0.15, 0.2) is 8.32 Å². The van der Waals surface area contributed by atoms with Crippen molar-refractivity contribution in [3.63, 3.8) is 0 Å². The molecule has 0 radical (unpaired) electrons. The number of aliphatic hydroxyl groups is 1. The van der Waals surface area contributed by atoms with Crippen molar-refractivity contribution in [2.45, 2.75) is 122 Å². The number of carboxylic acids is 1. The molecule has 2 N–H and O–H groups in total. The zero-order valence-electron chi connectivity index (χ0n) is 20.7. The van der Waals surface area contributed by atoms with Crippen molar-refractivity contribution in [3.8, 4) is 0 Å². The van der Waals surface area contributed by atoms with Crippen molar-refractivity contribution in [1.29, 1.82) is 0 Å². The molecule has 0 bridgehead atoms. The molecular formula is C26H46O4Si. The fraction of sp³-hybridized carbons (Fsp3) is 0.769. The van der Waals surface area contributed by atoms with E-state index in [1.54, 1.807) is 6.08 Å². The highest BCUT2D eigenvalue weighted by molar-refractivity contribution is 6.74. The van der Waals surface area contributed by atoms with Crippen molar-refractivity contribution in [2.75, 3.05) is 0 Å². The van der Waals surface area contributed by atoms with E-state index in [4.69, 9.17) is 9.53 Å². The maximum atomic E-state index is 10.5. The van der Waals surface area contributed by atoms with E-state index in [1.807, 2.05) is 6.08 Å². The summed E-state index contributed by atoms with van der Waals surface area (Å²) in [6.45, 7) is 13.8. The maximum absolute atomic E-state index is 10.5. The third-order valence-electron chi connectivity index (χ3n) is 6.85. The molecule has 4 nitrogen and oxygen atoms in total. The van der Waals surface area contributed by atoms with E-state index in [0.717, 1.165) is 38.5 Å². The van der Waals surface area contributed by atoms with Crippen LogP contribution in [0.5, 0.6) is 0 Å².